The van der Waals surface area contributed by atoms with E-state index < -0.39 is 15.8 Å². The summed E-state index contributed by atoms with van der Waals surface area (Å²) in [6.45, 7) is 1.71. The van der Waals surface area contributed by atoms with E-state index in [-0.39, 0.29) is 17.5 Å². The average molecular weight is 273 g/mol. The number of nitrogens with zero attached hydrogens (tertiary/aromatic N) is 1. The molecule has 100 valence electrons. The molecular weight excluding hydrogens is 257 g/mol. The van der Waals surface area contributed by atoms with Gasteiger partial charge in [0.2, 0.25) is 10.0 Å². The summed E-state index contributed by atoms with van der Waals surface area (Å²) in [7, 11) is -3.41. The van der Waals surface area contributed by atoms with Crippen LogP contribution in [0.3, 0.4) is 0 Å². The summed E-state index contributed by atoms with van der Waals surface area (Å²) >= 11 is 0. The van der Waals surface area contributed by atoms with Gasteiger partial charge in [0, 0.05) is 0 Å². The molecule has 0 aromatic carbocycles. The normalized spacial score (nSPS) is 17.6. The third kappa shape index (κ3) is 3.92. The molecule has 18 heavy (non-hydrogen) atoms. The lowest BCUT2D eigenvalue weighted by Gasteiger charge is -2.22. The molecule has 1 aromatic heterocycles. The fourth-order valence-electron chi connectivity index (χ4n) is 2.00. The van der Waals surface area contributed by atoms with Crippen LogP contribution in [0, 0.1) is 11.7 Å². The van der Waals surface area contributed by atoms with Crippen LogP contribution in [0.25, 0.3) is 0 Å². The number of nitrogens with one attached hydrogen (secondary N) is 2. The van der Waals surface area contributed by atoms with Crippen LogP contribution in [0.1, 0.15) is 12.8 Å². The van der Waals surface area contributed by atoms with Gasteiger partial charge in [0.15, 0.2) is 0 Å². The van der Waals surface area contributed by atoms with E-state index in [0.29, 0.717) is 0 Å². The van der Waals surface area contributed by atoms with Gasteiger partial charge in [0.05, 0.1) is 11.9 Å². The summed E-state index contributed by atoms with van der Waals surface area (Å²) in [6, 6.07) is 2.49. The van der Waals surface area contributed by atoms with Gasteiger partial charge in [0.1, 0.15) is 11.6 Å². The first kappa shape index (κ1) is 13.2. The average Bonchev–Trinajstić information content (AvgIpc) is 2.32. The van der Waals surface area contributed by atoms with Crippen molar-refractivity contribution in [2.75, 3.05) is 23.6 Å². The quantitative estimate of drug-likeness (QED) is 0.857. The first-order valence-electron chi connectivity index (χ1n) is 5.88. The molecular formula is C11H16FN3O2S. The molecule has 2 N–H and O–H groups in total. The Morgan fingerprint density at radius 3 is 2.72 bits per heavy atom. The Bertz CT molecular complexity index is 484. The number of anilines is 1. The Morgan fingerprint density at radius 1 is 1.39 bits per heavy atom. The first-order valence-corrected chi connectivity index (χ1v) is 7.53. The van der Waals surface area contributed by atoms with Crippen LogP contribution in [0.15, 0.2) is 18.3 Å². The Balaban J connectivity index is 1.96. The fraction of sp³-hybridized carbons (Fsp3) is 0.545. The lowest BCUT2D eigenvalue weighted by Crippen LogP contribution is -2.33. The Morgan fingerprint density at radius 2 is 2.11 bits per heavy atom. The Hall–Kier alpha value is -1.21. The molecule has 0 amide bonds. The van der Waals surface area contributed by atoms with Crippen molar-refractivity contribution in [3.63, 3.8) is 0 Å². The van der Waals surface area contributed by atoms with Crippen LogP contribution in [-0.4, -0.2) is 32.2 Å². The zero-order valence-corrected chi connectivity index (χ0v) is 10.7. The molecule has 1 aromatic rings. The zero-order valence-electron chi connectivity index (χ0n) is 9.89. The monoisotopic (exact) mass is 273 g/mol. The van der Waals surface area contributed by atoms with Crippen molar-refractivity contribution < 1.29 is 12.8 Å². The maximum atomic E-state index is 12.6. The van der Waals surface area contributed by atoms with Crippen molar-refractivity contribution in [1.29, 1.82) is 0 Å². The summed E-state index contributed by atoms with van der Waals surface area (Å²) < 4.78 is 38.8. The van der Waals surface area contributed by atoms with E-state index in [2.05, 4.69) is 15.0 Å². The maximum absolute atomic E-state index is 12.6. The van der Waals surface area contributed by atoms with Gasteiger partial charge in [-0.1, -0.05) is 0 Å². The molecule has 0 atom stereocenters. The third-order valence-corrected chi connectivity index (χ3v) is 4.33. The molecule has 0 unspecified atom stereocenters. The summed E-state index contributed by atoms with van der Waals surface area (Å²) in [4.78, 5) is 3.68. The van der Waals surface area contributed by atoms with Crippen LogP contribution < -0.4 is 10.0 Å². The molecule has 1 aliphatic heterocycles. The van der Waals surface area contributed by atoms with Crippen molar-refractivity contribution in [2.45, 2.75) is 12.8 Å². The van der Waals surface area contributed by atoms with Gasteiger partial charge in [-0.05, 0) is 44.0 Å². The number of halogens is 1. The number of hydrogen-bond donors (Lipinski definition) is 2. The highest BCUT2D eigenvalue weighted by Crippen LogP contribution is 2.15. The highest BCUT2D eigenvalue weighted by Gasteiger charge is 2.21. The number of piperidine rings is 1. The van der Waals surface area contributed by atoms with Crippen molar-refractivity contribution in [3.05, 3.63) is 24.1 Å². The summed E-state index contributed by atoms with van der Waals surface area (Å²) in [6.07, 6.45) is 2.71. The fourth-order valence-corrected chi connectivity index (χ4v) is 3.47. The van der Waals surface area contributed by atoms with E-state index in [4.69, 9.17) is 0 Å². The van der Waals surface area contributed by atoms with Gasteiger partial charge >= 0.3 is 0 Å². The number of sulfonamides is 1. The smallest absolute Gasteiger partial charge is 0.234 e. The van der Waals surface area contributed by atoms with E-state index in [0.717, 1.165) is 32.1 Å². The SMILES string of the molecule is O=S(=O)(CC1CCNCC1)Nc1ccc(F)cn1. The second-order valence-corrected chi connectivity index (χ2v) is 6.21. The van der Waals surface area contributed by atoms with E-state index >= 15 is 0 Å². The Kier molecular flexibility index (Phi) is 4.13. The van der Waals surface area contributed by atoms with Gasteiger partial charge in [-0.25, -0.2) is 17.8 Å². The predicted molar refractivity (Wildman–Crippen MR) is 67.2 cm³/mol. The Labute approximate surface area is 106 Å². The summed E-state index contributed by atoms with van der Waals surface area (Å²) in [5.41, 5.74) is 0. The largest absolute Gasteiger partial charge is 0.317 e. The molecule has 2 rings (SSSR count). The highest BCUT2D eigenvalue weighted by molar-refractivity contribution is 7.92. The summed E-state index contributed by atoms with van der Waals surface area (Å²) in [5, 5.41) is 3.19. The molecule has 0 radical (unpaired) electrons. The molecule has 2 heterocycles. The van der Waals surface area contributed by atoms with Gasteiger partial charge in [0.25, 0.3) is 0 Å². The number of aromatic nitrogens is 1. The van der Waals surface area contributed by atoms with Crippen LogP contribution in [-0.2, 0) is 10.0 Å². The minimum atomic E-state index is -3.41. The number of rotatable bonds is 4. The highest BCUT2D eigenvalue weighted by atomic mass is 32.2. The third-order valence-electron chi connectivity index (χ3n) is 2.90. The number of hydrogen-bond acceptors (Lipinski definition) is 4. The molecule has 1 saturated heterocycles. The van der Waals surface area contributed by atoms with Gasteiger partial charge in [-0.2, -0.15) is 0 Å². The predicted octanol–water partition coefficient (Wildman–Crippen LogP) is 0.962. The zero-order chi connectivity index (χ0) is 13.0. The van der Waals surface area contributed by atoms with Crippen molar-refractivity contribution in [2.24, 2.45) is 5.92 Å². The molecule has 5 nitrogen and oxygen atoms in total. The second kappa shape index (κ2) is 5.62. The van der Waals surface area contributed by atoms with Crippen molar-refractivity contribution in [1.82, 2.24) is 10.3 Å². The number of pyridine rings is 1. The molecule has 1 fully saturated rings. The topological polar surface area (TPSA) is 71.1 Å². The van der Waals surface area contributed by atoms with Gasteiger partial charge in [-0.15, -0.1) is 0 Å². The van der Waals surface area contributed by atoms with Crippen LogP contribution in [0.5, 0.6) is 0 Å². The van der Waals surface area contributed by atoms with Gasteiger partial charge in [-0.3, -0.25) is 4.72 Å². The molecule has 1 aliphatic rings. The lowest BCUT2D eigenvalue weighted by molar-refractivity contribution is 0.402. The van der Waals surface area contributed by atoms with E-state index in [1.165, 1.54) is 12.1 Å². The van der Waals surface area contributed by atoms with E-state index in [1.54, 1.807) is 0 Å². The van der Waals surface area contributed by atoms with E-state index in [9.17, 15) is 12.8 Å². The molecule has 0 saturated carbocycles. The first-order chi connectivity index (χ1) is 8.55. The minimum absolute atomic E-state index is 0.0910. The van der Waals surface area contributed by atoms with Crippen molar-refractivity contribution >= 4 is 15.8 Å². The lowest BCUT2D eigenvalue weighted by atomic mass is 10.0. The minimum Gasteiger partial charge on any atom is -0.317 e. The molecule has 0 spiro atoms. The molecule has 0 aliphatic carbocycles. The summed E-state index contributed by atoms with van der Waals surface area (Å²) in [5.74, 6) is -0.0703. The molecule has 0 bridgehead atoms. The van der Waals surface area contributed by atoms with Crippen LogP contribution >= 0.6 is 0 Å². The van der Waals surface area contributed by atoms with E-state index in [1.807, 2.05) is 0 Å². The van der Waals surface area contributed by atoms with Crippen molar-refractivity contribution in [3.8, 4) is 0 Å². The van der Waals surface area contributed by atoms with Gasteiger partial charge < -0.3 is 5.32 Å². The van der Waals surface area contributed by atoms with Crippen LogP contribution in [0.4, 0.5) is 10.2 Å². The second-order valence-electron chi connectivity index (χ2n) is 4.44. The standard InChI is InChI=1S/C11H16FN3O2S/c12-10-1-2-11(14-7-10)15-18(16,17)8-9-3-5-13-6-4-9/h1-2,7,9,13H,3-6,8H2,(H,14,15). The molecule has 7 heteroatoms. The maximum Gasteiger partial charge on any atom is 0.234 e. The van der Waals surface area contributed by atoms with Crippen LogP contribution in [0.2, 0.25) is 0 Å².